The van der Waals surface area contributed by atoms with Crippen LogP contribution in [0.1, 0.15) is 51.4 Å². The first kappa shape index (κ1) is 11.4. The molecule has 2 nitrogen and oxygen atoms in total. The molecule has 3 aliphatic rings. The number of halogens is 2. The van der Waals surface area contributed by atoms with Gasteiger partial charge in [0.1, 0.15) is 0 Å². The molecule has 0 heterocycles. The van der Waals surface area contributed by atoms with E-state index in [1.165, 1.54) is 25.7 Å². The van der Waals surface area contributed by atoms with Crippen molar-refractivity contribution in [3.05, 3.63) is 0 Å². The highest BCUT2D eigenvalue weighted by molar-refractivity contribution is 5.78. The van der Waals surface area contributed by atoms with Crippen molar-refractivity contribution in [2.24, 2.45) is 11.8 Å². The second-order valence-electron chi connectivity index (χ2n) is 6.05. The fourth-order valence-corrected chi connectivity index (χ4v) is 3.29. The van der Waals surface area contributed by atoms with Crippen LogP contribution in [0.4, 0.5) is 8.78 Å². The van der Waals surface area contributed by atoms with Gasteiger partial charge in [-0.2, -0.15) is 0 Å². The third kappa shape index (κ3) is 2.18. The second-order valence-corrected chi connectivity index (χ2v) is 6.05. The lowest BCUT2D eigenvalue weighted by Gasteiger charge is -2.24. The van der Waals surface area contributed by atoms with Crippen molar-refractivity contribution in [2.75, 3.05) is 0 Å². The van der Waals surface area contributed by atoms with Gasteiger partial charge in [-0.1, -0.05) is 12.8 Å². The third-order valence-corrected chi connectivity index (χ3v) is 4.70. The normalized spacial score (nSPS) is 33.4. The smallest absolute Gasteiger partial charge is 0.252 e. The summed E-state index contributed by atoms with van der Waals surface area (Å²) in [5, 5.41) is 3.05. The standard InChI is InChI=1S/C13H19F2NO/c14-13(15)8-10(13)7-11(17)16-12(5-6-12)9-3-1-2-4-9/h9-10H,1-8H2,(H,16,17)/t10-/m0/s1. The molecular weight excluding hydrogens is 224 g/mol. The predicted molar refractivity (Wildman–Crippen MR) is 59.7 cm³/mol. The number of rotatable bonds is 4. The molecule has 0 bridgehead atoms. The summed E-state index contributed by atoms with van der Waals surface area (Å²) in [6.07, 6.45) is 6.90. The summed E-state index contributed by atoms with van der Waals surface area (Å²) < 4.78 is 25.5. The van der Waals surface area contributed by atoms with E-state index in [-0.39, 0.29) is 24.3 Å². The van der Waals surface area contributed by atoms with Gasteiger partial charge < -0.3 is 5.32 Å². The summed E-state index contributed by atoms with van der Waals surface area (Å²) in [5.41, 5.74) is -0.00222. The number of alkyl halides is 2. The summed E-state index contributed by atoms with van der Waals surface area (Å²) >= 11 is 0. The van der Waals surface area contributed by atoms with Crippen LogP contribution in [0.3, 0.4) is 0 Å². The molecule has 0 aromatic carbocycles. The monoisotopic (exact) mass is 243 g/mol. The Bertz CT molecular complexity index is 332. The van der Waals surface area contributed by atoms with E-state index >= 15 is 0 Å². The fourth-order valence-electron chi connectivity index (χ4n) is 3.29. The van der Waals surface area contributed by atoms with Gasteiger partial charge in [-0.3, -0.25) is 4.79 Å². The molecule has 3 rings (SSSR count). The minimum Gasteiger partial charge on any atom is -0.350 e. The Morgan fingerprint density at radius 3 is 2.29 bits per heavy atom. The third-order valence-electron chi connectivity index (χ3n) is 4.70. The maximum Gasteiger partial charge on any atom is 0.252 e. The average molecular weight is 243 g/mol. The van der Waals surface area contributed by atoms with Crippen LogP contribution < -0.4 is 5.32 Å². The van der Waals surface area contributed by atoms with Crippen LogP contribution in [0, 0.1) is 11.8 Å². The molecule has 1 N–H and O–H groups in total. The highest BCUT2D eigenvalue weighted by atomic mass is 19.3. The van der Waals surface area contributed by atoms with Crippen LogP contribution in [0.5, 0.6) is 0 Å². The van der Waals surface area contributed by atoms with Crippen molar-refractivity contribution in [3.63, 3.8) is 0 Å². The Morgan fingerprint density at radius 2 is 1.82 bits per heavy atom. The number of nitrogens with one attached hydrogen (secondary N) is 1. The zero-order valence-electron chi connectivity index (χ0n) is 9.98. The second kappa shape index (κ2) is 3.66. The van der Waals surface area contributed by atoms with Crippen LogP contribution in [0.15, 0.2) is 0 Å². The molecule has 0 aromatic heterocycles. The lowest BCUT2D eigenvalue weighted by molar-refractivity contribution is -0.123. The summed E-state index contributed by atoms with van der Waals surface area (Å²) in [6.45, 7) is 0. The van der Waals surface area contributed by atoms with Crippen LogP contribution in [0.25, 0.3) is 0 Å². The van der Waals surface area contributed by atoms with Gasteiger partial charge in [0.05, 0.1) is 0 Å². The van der Waals surface area contributed by atoms with E-state index in [0.29, 0.717) is 5.92 Å². The SMILES string of the molecule is O=C(C[C@H]1CC1(F)F)NC1(C2CCCC2)CC1. The van der Waals surface area contributed by atoms with Crippen molar-refractivity contribution in [2.45, 2.75) is 62.8 Å². The van der Waals surface area contributed by atoms with Gasteiger partial charge in [0.2, 0.25) is 5.91 Å². The fraction of sp³-hybridized carbons (Fsp3) is 0.923. The van der Waals surface area contributed by atoms with E-state index in [1.54, 1.807) is 0 Å². The summed E-state index contributed by atoms with van der Waals surface area (Å²) in [7, 11) is 0. The van der Waals surface area contributed by atoms with Crippen molar-refractivity contribution < 1.29 is 13.6 Å². The van der Waals surface area contributed by atoms with Crippen LogP contribution in [-0.4, -0.2) is 17.4 Å². The average Bonchev–Trinajstić information content (AvgIpc) is 3.05. The summed E-state index contributed by atoms with van der Waals surface area (Å²) in [4.78, 5) is 11.7. The zero-order chi connectivity index (χ0) is 12.1. The molecule has 96 valence electrons. The minimum atomic E-state index is -2.57. The highest BCUT2D eigenvalue weighted by Crippen LogP contribution is 2.52. The minimum absolute atomic E-state index is 0.00222. The molecule has 0 radical (unpaired) electrons. The van der Waals surface area contributed by atoms with Crippen molar-refractivity contribution in [1.29, 1.82) is 0 Å². The Kier molecular flexibility index (Phi) is 2.46. The maximum atomic E-state index is 12.7. The molecule has 3 fully saturated rings. The van der Waals surface area contributed by atoms with Crippen molar-refractivity contribution in [3.8, 4) is 0 Å². The molecular formula is C13H19F2NO. The topological polar surface area (TPSA) is 29.1 Å². The van der Waals surface area contributed by atoms with Crippen molar-refractivity contribution in [1.82, 2.24) is 5.32 Å². The summed E-state index contributed by atoms with van der Waals surface area (Å²) in [5.74, 6) is -2.81. The zero-order valence-corrected chi connectivity index (χ0v) is 9.98. The number of carbonyl (C=O) groups is 1. The number of amides is 1. The molecule has 0 aromatic rings. The predicted octanol–water partition coefficient (Wildman–Crippen LogP) is 2.87. The molecule has 4 heteroatoms. The summed E-state index contributed by atoms with van der Waals surface area (Å²) in [6, 6.07) is 0. The van der Waals surface area contributed by atoms with Gasteiger partial charge in [0, 0.05) is 24.3 Å². The molecule has 3 aliphatic carbocycles. The Hall–Kier alpha value is -0.670. The first-order valence-electron chi connectivity index (χ1n) is 6.71. The quantitative estimate of drug-likeness (QED) is 0.808. The number of hydrogen-bond acceptors (Lipinski definition) is 1. The van der Waals surface area contributed by atoms with E-state index < -0.39 is 11.8 Å². The van der Waals surface area contributed by atoms with E-state index in [4.69, 9.17) is 0 Å². The van der Waals surface area contributed by atoms with E-state index in [9.17, 15) is 13.6 Å². The molecule has 0 unspecified atom stereocenters. The van der Waals surface area contributed by atoms with Crippen LogP contribution in [-0.2, 0) is 4.79 Å². The van der Waals surface area contributed by atoms with Gasteiger partial charge in [-0.25, -0.2) is 8.78 Å². The van der Waals surface area contributed by atoms with Crippen molar-refractivity contribution >= 4 is 5.91 Å². The first-order chi connectivity index (χ1) is 8.02. The lowest BCUT2D eigenvalue weighted by atomic mass is 9.95. The molecule has 1 atom stereocenters. The van der Waals surface area contributed by atoms with Crippen LogP contribution in [0.2, 0.25) is 0 Å². The molecule has 17 heavy (non-hydrogen) atoms. The van der Waals surface area contributed by atoms with Gasteiger partial charge in [0.15, 0.2) is 0 Å². The van der Waals surface area contributed by atoms with Gasteiger partial charge in [-0.15, -0.1) is 0 Å². The molecule has 0 saturated heterocycles. The van der Waals surface area contributed by atoms with Gasteiger partial charge in [-0.05, 0) is 31.6 Å². The maximum absolute atomic E-state index is 12.7. The largest absolute Gasteiger partial charge is 0.350 e. The molecule has 0 aliphatic heterocycles. The number of hydrogen-bond donors (Lipinski definition) is 1. The van der Waals surface area contributed by atoms with Gasteiger partial charge >= 0.3 is 0 Å². The Labute approximate surface area is 100 Å². The van der Waals surface area contributed by atoms with E-state index in [2.05, 4.69) is 5.32 Å². The Morgan fingerprint density at radius 1 is 1.24 bits per heavy atom. The Balaban J connectivity index is 1.51. The first-order valence-corrected chi connectivity index (χ1v) is 6.71. The van der Waals surface area contributed by atoms with E-state index in [0.717, 1.165) is 12.8 Å². The molecule has 1 amide bonds. The number of carbonyl (C=O) groups excluding carboxylic acids is 1. The van der Waals surface area contributed by atoms with Crippen LogP contribution >= 0.6 is 0 Å². The highest BCUT2D eigenvalue weighted by Gasteiger charge is 2.58. The molecule has 0 spiro atoms. The van der Waals surface area contributed by atoms with Gasteiger partial charge in [0.25, 0.3) is 5.92 Å². The lowest BCUT2D eigenvalue weighted by Crippen LogP contribution is -2.42. The van der Waals surface area contributed by atoms with E-state index in [1.807, 2.05) is 0 Å². The molecule has 3 saturated carbocycles.